The molecule has 0 fully saturated rings. The van der Waals surface area contributed by atoms with Gasteiger partial charge in [-0.15, -0.1) is 0 Å². The summed E-state index contributed by atoms with van der Waals surface area (Å²) >= 11 is 8.24. The van der Waals surface area contributed by atoms with Crippen molar-refractivity contribution in [3.05, 3.63) is 16.9 Å². The minimum Gasteiger partial charge on any atom is -0.308 e. The van der Waals surface area contributed by atoms with Crippen molar-refractivity contribution in [2.45, 2.75) is 46.2 Å². The fourth-order valence-corrected chi connectivity index (χ4v) is 2.92. The van der Waals surface area contributed by atoms with Crippen molar-refractivity contribution >= 4 is 23.4 Å². The molecule has 0 aliphatic rings. The van der Waals surface area contributed by atoms with Crippen molar-refractivity contribution in [1.82, 2.24) is 15.1 Å². The molecule has 1 atom stereocenters. The van der Waals surface area contributed by atoms with E-state index in [9.17, 15) is 0 Å². The van der Waals surface area contributed by atoms with Crippen LogP contribution in [0.15, 0.2) is 6.20 Å². The maximum Gasteiger partial charge on any atom is 0.0834 e. The number of nitrogens with one attached hydrogen (secondary N) is 1. The van der Waals surface area contributed by atoms with Gasteiger partial charge in [0.05, 0.1) is 23.0 Å². The third kappa shape index (κ3) is 4.48. The van der Waals surface area contributed by atoms with Crippen LogP contribution in [-0.2, 0) is 6.54 Å². The molecule has 0 aromatic carbocycles. The molecule has 18 heavy (non-hydrogen) atoms. The first-order valence-electron chi connectivity index (χ1n) is 6.76. The number of aromatic nitrogens is 2. The van der Waals surface area contributed by atoms with E-state index in [2.05, 4.69) is 31.2 Å². The lowest BCUT2D eigenvalue weighted by molar-refractivity contribution is 0.499. The Labute approximate surface area is 120 Å². The Hall–Kier alpha value is -0.190. The summed E-state index contributed by atoms with van der Waals surface area (Å²) in [6, 6.07) is 0.302. The second-order valence-corrected chi connectivity index (χ2v) is 5.99. The van der Waals surface area contributed by atoms with Gasteiger partial charge in [0, 0.05) is 12.3 Å². The molecule has 0 amide bonds. The molecule has 0 saturated heterocycles. The van der Waals surface area contributed by atoms with Crippen LogP contribution in [0, 0.1) is 0 Å². The smallest absolute Gasteiger partial charge is 0.0834 e. The molecule has 1 heterocycles. The molecule has 0 bridgehead atoms. The molecule has 0 spiro atoms. The molecule has 0 aliphatic heterocycles. The van der Waals surface area contributed by atoms with E-state index in [0.717, 1.165) is 48.2 Å². The molecule has 5 heteroatoms. The minimum atomic E-state index is 0.302. The van der Waals surface area contributed by atoms with Crippen molar-refractivity contribution in [2.24, 2.45) is 0 Å². The molecule has 1 unspecified atom stereocenters. The Morgan fingerprint density at radius 1 is 1.39 bits per heavy atom. The monoisotopic (exact) mass is 289 g/mol. The Bertz CT molecular complexity index is 333. The van der Waals surface area contributed by atoms with Gasteiger partial charge in [0.2, 0.25) is 0 Å². The third-order valence-electron chi connectivity index (χ3n) is 2.73. The van der Waals surface area contributed by atoms with Crippen molar-refractivity contribution in [2.75, 3.05) is 18.1 Å². The summed E-state index contributed by atoms with van der Waals surface area (Å²) in [7, 11) is 0. The highest BCUT2D eigenvalue weighted by atomic mass is 35.5. The molecule has 1 aromatic rings. The first kappa shape index (κ1) is 15.9. The molecule has 1 N–H and O–H groups in total. The highest BCUT2D eigenvalue weighted by Crippen LogP contribution is 2.26. The van der Waals surface area contributed by atoms with Crippen molar-refractivity contribution in [3.63, 3.8) is 0 Å². The summed E-state index contributed by atoms with van der Waals surface area (Å²) in [4.78, 5) is 0. The highest BCUT2D eigenvalue weighted by Gasteiger charge is 2.19. The fraction of sp³-hybridized carbons (Fsp3) is 0.769. The van der Waals surface area contributed by atoms with E-state index in [0.29, 0.717) is 6.04 Å². The fourth-order valence-electron chi connectivity index (χ4n) is 1.90. The normalized spacial score (nSPS) is 12.9. The van der Waals surface area contributed by atoms with E-state index in [1.807, 2.05) is 16.4 Å². The summed E-state index contributed by atoms with van der Waals surface area (Å²) in [6.45, 7) is 8.48. The van der Waals surface area contributed by atoms with Gasteiger partial charge in [-0.05, 0) is 25.1 Å². The van der Waals surface area contributed by atoms with Crippen LogP contribution in [0.4, 0.5) is 0 Å². The number of halogens is 1. The summed E-state index contributed by atoms with van der Waals surface area (Å²) in [6.07, 6.45) is 3.98. The van der Waals surface area contributed by atoms with Gasteiger partial charge in [-0.2, -0.15) is 16.9 Å². The van der Waals surface area contributed by atoms with Crippen LogP contribution in [0.3, 0.4) is 0 Å². The standard InChI is InChI=1S/C13H24ClN3S/c1-4-7-15-12(10-18-6-3)13-11(14)9-16-17(13)8-5-2/h9,12,15H,4-8,10H2,1-3H3. The van der Waals surface area contributed by atoms with E-state index < -0.39 is 0 Å². The van der Waals surface area contributed by atoms with Crippen molar-refractivity contribution in [1.29, 1.82) is 0 Å². The number of rotatable bonds is 9. The molecule has 1 aromatic heterocycles. The topological polar surface area (TPSA) is 29.9 Å². The van der Waals surface area contributed by atoms with Crippen molar-refractivity contribution in [3.8, 4) is 0 Å². The number of aryl methyl sites for hydroxylation is 1. The Morgan fingerprint density at radius 3 is 2.78 bits per heavy atom. The highest BCUT2D eigenvalue weighted by molar-refractivity contribution is 7.99. The maximum absolute atomic E-state index is 6.30. The first-order chi connectivity index (χ1) is 8.74. The van der Waals surface area contributed by atoms with Gasteiger partial charge in [0.25, 0.3) is 0 Å². The van der Waals surface area contributed by atoms with Crippen LogP contribution in [0.5, 0.6) is 0 Å². The second-order valence-electron chi connectivity index (χ2n) is 4.27. The largest absolute Gasteiger partial charge is 0.308 e. The first-order valence-corrected chi connectivity index (χ1v) is 8.30. The minimum absolute atomic E-state index is 0.302. The van der Waals surface area contributed by atoms with Crippen LogP contribution >= 0.6 is 23.4 Å². The van der Waals surface area contributed by atoms with E-state index in [1.54, 1.807) is 6.20 Å². The Balaban J connectivity index is 2.83. The molecular formula is C13H24ClN3S. The molecule has 3 nitrogen and oxygen atoms in total. The van der Waals surface area contributed by atoms with E-state index in [1.165, 1.54) is 0 Å². The van der Waals surface area contributed by atoms with Crippen LogP contribution in [0.25, 0.3) is 0 Å². The quantitative estimate of drug-likeness (QED) is 0.751. The van der Waals surface area contributed by atoms with E-state index in [-0.39, 0.29) is 0 Å². The SMILES string of the molecule is CCCNC(CSCC)c1c(Cl)cnn1CCC. The number of thioether (sulfide) groups is 1. The van der Waals surface area contributed by atoms with Gasteiger partial charge in [0.15, 0.2) is 0 Å². The lowest BCUT2D eigenvalue weighted by atomic mass is 10.2. The average Bonchev–Trinajstić information content (AvgIpc) is 2.72. The summed E-state index contributed by atoms with van der Waals surface area (Å²) in [5.74, 6) is 2.18. The summed E-state index contributed by atoms with van der Waals surface area (Å²) in [5.41, 5.74) is 1.15. The van der Waals surface area contributed by atoms with Gasteiger partial charge in [-0.25, -0.2) is 0 Å². The molecule has 0 radical (unpaired) electrons. The Morgan fingerprint density at radius 2 is 2.17 bits per heavy atom. The molecule has 1 rings (SSSR count). The van der Waals surface area contributed by atoms with Crippen LogP contribution in [-0.4, -0.2) is 27.8 Å². The zero-order valence-electron chi connectivity index (χ0n) is 11.6. The number of hydrogen-bond donors (Lipinski definition) is 1. The molecule has 104 valence electrons. The van der Waals surface area contributed by atoms with Gasteiger partial charge >= 0.3 is 0 Å². The van der Waals surface area contributed by atoms with Crippen LogP contribution in [0.1, 0.15) is 45.3 Å². The zero-order chi connectivity index (χ0) is 13.4. The predicted octanol–water partition coefficient (Wildman–Crippen LogP) is 3.74. The summed E-state index contributed by atoms with van der Waals surface area (Å²) < 4.78 is 2.05. The second kappa shape index (κ2) is 8.83. The summed E-state index contributed by atoms with van der Waals surface area (Å²) in [5, 5.41) is 8.74. The van der Waals surface area contributed by atoms with Gasteiger partial charge in [-0.1, -0.05) is 32.4 Å². The van der Waals surface area contributed by atoms with E-state index in [4.69, 9.17) is 11.6 Å². The predicted molar refractivity (Wildman–Crippen MR) is 81.6 cm³/mol. The average molecular weight is 290 g/mol. The van der Waals surface area contributed by atoms with Gasteiger partial charge in [-0.3, -0.25) is 4.68 Å². The van der Waals surface area contributed by atoms with Crippen LogP contribution < -0.4 is 5.32 Å². The molecule has 0 saturated carbocycles. The lowest BCUT2D eigenvalue weighted by Crippen LogP contribution is -2.27. The third-order valence-corrected chi connectivity index (χ3v) is 4.00. The van der Waals surface area contributed by atoms with E-state index >= 15 is 0 Å². The van der Waals surface area contributed by atoms with Gasteiger partial charge < -0.3 is 5.32 Å². The van der Waals surface area contributed by atoms with Gasteiger partial charge in [0.1, 0.15) is 0 Å². The Kier molecular flexibility index (Phi) is 7.79. The number of hydrogen-bond acceptors (Lipinski definition) is 3. The van der Waals surface area contributed by atoms with Crippen molar-refractivity contribution < 1.29 is 0 Å². The zero-order valence-corrected chi connectivity index (χ0v) is 13.2. The maximum atomic E-state index is 6.30. The van der Waals surface area contributed by atoms with Crippen LogP contribution in [0.2, 0.25) is 5.02 Å². The lowest BCUT2D eigenvalue weighted by Gasteiger charge is -2.20. The molecule has 0 aliphatic carbocycles. The number of nitrogens with zero attached hydrogens (tertiary/aromatic N) is 2. The molecular weight excluding hydrogens is 266 g/mol.